The van der Waals surface area contributed by atoms with Gasteiger partial charge in [-0.1, -0.05) is 64.8 Å². The molecule has 4 N–H and O–H groups in total. The number of aliphatic hydroxyl groups is 2. The first kappa shape index (κ1) is 31.1. The molecule has 0 bridgehead atoms. The molecule has 230 valence electrons. The highest BCUT2D eigenvalue weighted by molar-refractivity contribution is 5.39. The first-order chi connectivity index (χ1) is 19.3. The molecule has 1 aromatic rings. The smallest absolute Gasteiger partial charge is 0.181 e. The number of benzene rings is 1. The van der Waals surface area contributed by atoms with Gasteiger partial charge in [0, 0.05) is 11.3 Å². The van der Waals surface area contributed by atoms with Crippen LogP contribution in [0.3, 0.4) is 0 Å². The van der Waals surface area contributed by atoms with Crippen molar-refractivity contribution in [2.75, 3.05) is 5.73 Å². The molecule has 1 aromatic carbocycles. The molecule has 11 unspecified atom stereocenters. The van der Waals surface area contributed by atoms with Crippen LogP contribution in [-0.2, 0) is 4.74 Å². The predicted octanol–water partition coefficient (Wildman–Crippen LogP) is 8.68. The van der Waals surface area contributed by atoms with Crippen molar-refractivity contribution < 1.29 is 14.9 Å². The number of fused-ring (bicyclic) bond motifs is 5. The number of rotatable bonds is 8. The number of nitrogens with two attached hydrogens (primary N) is 1. The Morgan fingerprint density at radius 2 is 1.66 bits per heavy atom. The number of hydrogen-bond acceptors (Lipinski definition) is 4. The number of aliphatic hydroxyl groups excluding tert-OH is 2. The molecule has 0 amide bonds. The van der Waals surface area contributed by atoms with Crippen LogP contribution in [-0.4, -0.2) is 22.4 Å². The van der Waals surface area contributed by atoms with E-state index in [2.05, 4.69) is 54.5 Å². The molecule has 41 heavy (non-hydrogen) atoms. The van der Waals surface area contributed by atoms with Crippen LogP contribution in [0.15, 0.2) is 35.9 Å². The van der Waals surface area contributed by atoms with E-state index in [0.717, 1.165) is 42.6 Å². The molecule has 0 aromatic heterocycles. The number of allylic oxidation sites excluding steroid dienone is 2. The van der Waals surface area contributed by atoms with Crippen molar-refractivity contribution in [1.82, 2.24) is 0 Å². The van der Waals surface area contributed by atoms with E-state index in [4.69, 9.17) is 10.5 Å². The van der Waals surface area contributed by atoms with Crippen molar-refractivity contribution in [3.8, 4) is 0 Å². The molecule has 4 nitrogen and oxygen atoms in total. The van der Waals surface area contributed by atoms with Gasteiger partial charge in [-0.25, -0.2) is 0 Å². The van der Waals surface area contributed by atoms with Crippen molar-refractivity contribution in [2.45, 2.75) is 131 Å². The number of unbranched alkanes of at least 4 members (excludes halogenated alkanes) is 1. The summed E-state index contributed by atoms with van der Waals surface area (Å²) in [5.74, 6) is 3.80. The molecule has 5 rings (SSSR count). The minimum absolute atomic E-state index is 0.101. The van der Waals surface area contributed by atoms with Crippen LogP contribution >= 0.6 is 0 Å². The Hall–Kier alpha value is -1.36. The number of hydrogen-bond donors (Lipinski definition) is 3. The predicted molar refractivity (Wildman–Crippen MR) is 169 cm³/mol. The average molecular weight is 566 g/mol. The highest BCUT2D eigenvalue weighted by Gasteiger charge is 2.66. The lowest BCUT2D eigenvalue weighted by Crippen LogP contribution is -2.64. The zero-order valence-corrected chi connectivity index (χ0v) is 27.0. The third-order valence-electron chi connectivity index (χ3n) is 13.2. The third-order valence-corrected chi connectivity index (χ3v) is 13.2. The Kier molecular flexibility index (Phi) is 8.81. The van der Waals surface area contributed by atoms with E-state index >= 15 is 0 Å². The lowest BCUT2D eigenvalue weighted by Gasteiger charge is -2.66. The van der Waals surface area contributed by atoms with Gasteiger partial charge in [0.1, 0.15) is 0 Å². The van der Waals surface area contributed by atoms with Crippen LogP contribution < -0.4 is 5.73 Å². The van der Waals surface area contributed by atoms with Crippen LogP contribution in [0.5, 0.6) is 0 Å². The fourth-order valence-corrected chi connectivity index (χ4v) is 11.4. The van der Waals surface area contributed by atoms with Gasteiger partial charge >= 0.3 is 0 Å². The van der Waals surface area contributed by atoms with Gasteiger partial charge in [-0.3, -0.25) is 0 Å². The Labute approximate surface area is 250 Å². The highest BCUT2D eigenvalue weighted by Crippen LogP contribution is 2.70. The number of anilines is 1. The van der Waals surface area contributed by atoms with Crippen molar-refractivity contribution in [1.29, 1.82) is 0 Å². The fraction of sp³-hybridized carbons (Fsp3) is 0.784. The van der Waals surface area contributed by atoms with Crippen LogP contribution in [0.4, 0.5) is 5.69 Å². The maximum absolute atomic E-state index is 12.0. The fourth-order valence-electron chi connectivity index (χ4n) is 11.4. The third kappa shape index (κ3) is 5.55. The summed E-state index contributed by atoms with van der Waals surface area (Å²) in [5.41, 5.74) is 9.00. The van der Waals surface area contributed by atoms with Gasteiger partial charge in [0.05, 0.1) is 12.2 Å². The summed E-state index contributed by atoms with van der Waals surface area (Å²) in [5, 5.41) is 22.9. The first-order valence-corrected chi connectivity index (χ1v) is 16.8. The summed E-state index contributed by atoms with van der Waals surface area (Å²) in [6.07, 6.45) is 13.1. The van der Waals surface area contributed by atoms with Crippen molar-refractivity contribution in [2.24, 2.45) is 51.8 Å². The van der Waals surface area contributed by atoms with Gasteiger partial charge in [0.2, 0.25) is 0 Å². The molecule has 4 saturated carbocycles. The summed E-state index contributed by atoms with van der Waals surface area (Å²) >= 11 is 0. The SMILES string of the molecule is CC(C)=CCCCC(C)C1CCC2C3CC(O)C4C(C)(C)C(OC(O)c5ccc(N)cc5)CCC4(C)C3CCC12C. The Morgan fingerprint density at radius 1 is 1.00 bits per heavy atom. The second kappa shape index (κ2) is 11.6. The van der Waals surface area contributed by atoms with Gasteiger partial charge in [0.15, 0.2) is 6.29 Å². The first-order valence-electron chi connectivity index (χ1n) is 16.8. The second-order valence-corrected chi connectivity index (χ2v) is 16.1. The van der Waals surface area contributed by atoms with E-state index in [-0.39, 0.29) is 29.0 Å². The number of ether oxygens (including phenoxy) is 1. The van der Waals surface area contributed by atoms with E-state index in [1.165, 1.54) is 50.5 Å². The summed E-state index contributed by atoms with van der Waals surface area (Å²) < 4.78 is 6.39. The van der Waals surface area contributed by atoms with Gasteiger partial charge < -0.3 is 20.7 Å². The van der Waals surface area contributed by atoms with E-state index in [1.807, 2.05) is 24.3 Å². The van der Waals surface area contributed by atoms with E-state index < -0.39 is 6.29 Å². The molecule has 4 aliphatic rings. The molecule has 0 spiro atoms. The Balaban J connectivity index is 1.30. The largest absolute Gasteiger partial charge is 0.399 e. The highest BCUT2D eigenvalue weighted by atomic mass is 16.6. The molecule has 4 fully saturated rings. The molecule has 0 heterocycles. The topological polar surface area (TPSA) is 75.7 Å². The zero-order chi connectivity index (χ0) is 29.7. The quantitative estimate of drug-likeness (QED) is 0.128. The molecule has 0 saturated heterocycles. The van der Waals surface area contributed by atoms with E-state index in [9.17, 15) is 10.2 Å². The monoisotopic (exact) mass is 565 g/mol. The number of nitrogen functional groups attached to an aromatic ring is 1. The molecule has 4 aliphatic carbocycles. The Morgan fingerprint density at radius 3 is 2.34 bits per heavy atom. The molecular weight excluding hydrogens is 506 g/mol. The van der Waals surface area contributed by atoms with Gasteiger partial charge in [-0.05, 0) is 136 Å². The van der Waals surface area contributed by atoms with Crippen LogP contribution in [0.1, 0.15) is 125 Å². The van der Waals surface area contributed by atoms with Crippen molar-refractivity contribution in [3.63, 3.8) is 0 Å². The molecule has 11 atom stereocenters. The van der Waals surface area contributed by atoms with Crippen molar-refractivity contribution in [3.05, 3.63) is 41.5 Å². The Bertz CT molecular complexity index is 1080. The summed E-state index contributed by atoms with van der Waals surface area (Å²) in [6, 6.07) is 7.31. The minimum atomic E-state index is -0.979. The standard InChI is InChI=1S/C37H59NO3/c1-23(2)10-8-9-11-24(3)28-16-17-29-27-22-31(39)33-35(4,5)32(41-34(40)25-12-14-26(38)15-13-25)19-21-37(33,7)30(27)18-20-36(28,29)6/h10,12-15,24,27-34,39-40H,8-9,11,16-22,38H2,1-7H3. The van der Waals surface area contributed by atoms with Crippen LogP contribution in [0.25, 0.3) is 0 Å². The summed E-state index contributed by atoms with van der Waals surface area (Å²) in [4.78, 5) is 0. The van der Waals surface area contributed by atoms with Crippen molar-refractivity contribution >= 4 is 5.69 Å². The maximum atomic E-state index is 12.0. The minimum Gasteiger partial charge on any atom is -0.399 e. The van der Waals surface area contributed by atoms with Crippen LogP contribution in [0.2, 0.25) is 0 Å². The second-order valence-electron chi connectivity index (χ2n) is 16.1. The van der Waals surface area contributed by atoms with Gasteiger partial charge in [-0.2, -0.15) is 0 Å². The van der Waals surface area contributed by atoms with E-state index in [1.54, 1.807) is 0 Å². The average Bonchev–Trinajstić information content (AvgIpc) is 3.25. The molecule has 0 aliphatic heterocycles. The lowest BCUT2D eigenvalue weighted by atomic mass is 9.40. The molecular formula is C37H59NO3. The maximum Gasteiger partial charge on any atom is 0.181 e. The van der Waals surface area contributed by atoms with Crippen LogP contribution in [0, 0.1) is 51.8 Å². The van der Waals surface area contributed by atoms with Gasteiger partial charge in [0.25, 0.3) is 0 Å². The normalized spacial score (nSPS) is 41.0. The summed E-state index contributed by atoms with van der Waals surface area (Å²) in [7, 11) is 0. The van der Waals surface area contributed by atoms with E-state index in [0.29, 0.717) is 22.9 Å². The lowest BCUT2D eigenvalue weighted by molar-refractivity contribution is -0.255. The summed E-state index contributed by atoms with van der Waals surface area (Å²) in [6.45, 7) is 16.7. The van der Waals surface area contributed by atoms with Gasteiger partial charge in [-0.15, -0.1) is 0 Å². The molecule has 0 radical (unpaired) electrons. The zero-order valence-electron chi connectivity index (χ0n) is 27.0. The molecule has 4 heteroatoms.